The molecule has 9 heavy (non-hydrogen) atoms. The Morgan fingerprint density at radius 1 is 1.67 bits per heavy atom. The highest BCUT2D eigenvalue weighted by Crippen LogP contribution is 2.51. The minimum absolute atomic E-state index is 0.0191. The van der Waals surface area contributed by atoms with Crippen LogP contribution in [0.2, 0.25) is 0 Å². The van der Waals surface area contributed by atoms with Crippen LogP contribution in [0.25, 0.3) is 0 Å². The summed E-state index contributed by atoms with van der Waals surface area (Å²) < 4.78 is 11.8. The molecule has 0 saturated heterocycles. The van der Waals surface area contributed by atoms with Crippen molar-refractivity contribution in [3.8, 4) is 0 Å². The molecule has 0 heterocycles. The van der Waals surface area contributed by atoms with E-state index in [9.17, 15) is 4.39 Å². The summed E-state index contributed by atoms with van der Waals surface area (Å²) in [5.74, 6) is 0. The van der Waals surface area contributed by atoms with Crippen LogP contribution in [0.1, 0.15) is 26.2 Å². The highest BCUT2D eigenvalue weighted by molar-refractivity contribution is 4.96. The van der Waals surface area contributed by atoms with Gasteiger partial charge in [0.05, 0.1) is 12.8 Å². The highest BCUT2D eigenvalue weighted by Gasteiger charge is 2.46. The van der Waals surface area contributed by atoms with Crippen LogP contribution < -0.4 is 0 Å². The van der Waals surface area contributed by atoms with E-state index >= 15 is 0 Å². The van der Waals surface area contributed by atoms with Crippen LogP contribution in [0.15, 0.2) is 0 Å². The molecule has 0 aliphatic heterocycles. The molecular formula is C7H13FO. The summed E-state index contributed by atoms with van der Waals surface area (Å²) in [7, 11) is 0. The first-order valence-corrected chi connectivity index (χ1v) is 3.45. The second-order valence-corrected chi connectivity index (χ2v) is 2.98. The summed E-state index contributed by atoms with van der Waals surface area (Å²) in [6, 6.07) is 0. The molecule has 1 unspecified atom stereocenters. The molecule has 1 atom stereocenters. The van der Waals surface area contributed by atoms with E-state index in [-0.39, 0.29) is 18.2 Å². The number of aliphatic hydroxyl groups excluding tert-OH is 1. The molecular weight excluding hydrogens is 119 g/mol. The molecule has 0 spiro atoms. The first kappa shape index (κ1) is 7.00. The van der Waals surface area contributed by atoms with E-state index in [1.54, 1.807) is 6.92 Å². The summed E-state index contributed by atoms with van der Waals surface area (Å²) in [6.07, 6.45) is 2.25. The second-order valence-electron chi connectivity index (χ2n) is 2.98. The summed E-state index contributed by atoms with van der Waals surface area (Å²) in [5, 5.41) is 9.11. The van der Waals surface area contributed by atoms with Crippen LogP contribution in [0.3, 0.4) is 0 Å². The number of alkyl halides is 1. The highest BCUT2D eigenvalue weighted by atomic mass is 19.1. The fraction of sp³-hybridized carbons (Fsp3) is 1.00. The minimum Gasteiger partial charge on any atom is -0.393 e. The van der Waals surface area contributed by atoms with Gasteiger partial charge in [-0.3, -0.25) is 4.39 Å². The normalized spacial score (nSPS) is 25.7. The van der Waals surface area contributed by atoms with Gasteiger partial charge in [0.1, 0.15) is 0 Å². The molecule has 1 saturated carbocycles. The predicted molar refractivity (Wildman–Crippen MR) is 33.9 cm³/mol. The van der Waals surface area contributed by atoms with Gasteiger partial charge in [-0.1, -0.05) is 0 Å². The van der Waals surface area contributed by atoms with Crippen molar-refractivity contribution in [3.63, 3.8) is 0 Å². The van der Waals surface area contributed by atoms with Gasteiger partial charge in [-0.25, -0.2) is 0 Å². The van der Waals surface area contributed by atoms with Crippen molar-refractivity contribution < 1.29 is 9.50 Å². The van der Waals surface area contributed by atoms with Gasteiger partial charge in [0.2, 0.25) is 0 Å². The van der Waals surface area contributed by atoms with E-state index in [2.05, 4.69) is 0 Å². The predicted octanol–water partition coefficient (Wildman–Crippen LogP) is 1.51. The van der Waals surface area contributed by atoms with Gasteiger partial charge < -0.3 is 5.11 Å². The van der Waals surface area contributed by atoms with Gasteiger partial charge in [-0.2, -0.15) is 0 Å². The number of hydrogen-bond acceptors (Lipinski definition) is 1. The van der Waals surface area contributed by atoms with Crippen molar-refractivity contribution in [1.29, 1.82) is 0 Å². The van der Waals surface area contributed by atoms with Crippen LogP contribution >= 0.6 is 0 Å². The van der Waals surface area contributed by atoms with Crippen molar-refractivity contribution in [2.75, 3.05) is 6.67 Å². The van der Waals surface area contributed by atoms with Crippen LogP contribution in [0, 0.1) is 5.41 Å². The standard InChI is InChI=1S/C7H13FO/c1-6(9)7(2-3-7)4-5-8/h6,9H,2-5H2,1H3. The van der Waals surface area contributed by atoms with E-state index in [0.29, 0.717) is 6.42 Å². The summed E-state index contributed by atoms with van der Waals surface area (Å²) >= 11 is 0. The van der Waals surface area contributed by atoms with E-state index < -0.39 is 0 Å². The Morgan fingerprint density at radius 3 is 2.33 bits per heavy atom. The Morgan fingerprint density at radius 2 is 2.22 bits per heavy atom. The molecule has 2 heteroatoms. The van der Waals surface area contributed by atoms with Gasteiger partial charge in [-0.05, 0) is 31.6 Å². The zero-order valence-electron chi connectivity index (χ0n) is 5.73. The Bertz CT molecular complexity index is 97.1. The van der Waals surface area contributed by atoms with E-state index in [0.717, 1.165) is 12.8 Å². The molecule has 1 N–H and O–H groups in total. The lowest BCUT2D eigenvalue weighted by Crippen LogP contribution is -2.18. The minimum atomic E-state index is -0.312. The topological polar surface area (TPSA) is 20.2 Å². The van der Waals surface area contributed by atoms with E-state index in [1.165, 1.54) is 0 Å². The molecule has 0 aromatic carbocycles. The van der Waals surface area contributed by atoms with Gasteiger partial charge in [-0.15, -0.1) is 0 Å². The van der Waals surface area contributed by atoms with Gasteiger partial charge in [0.25, 0.3) is 0 Å². The average molecular weight is 132 g/mol. The second kappa shape index (κ2) is 2.25. The summed E-state index contributed by atoms with van der Waals surface area (Å²) in [5.41, 5.74) is -0.0191. The van der Waals surface area contributed by atoms with Crippen LogP contribution in [0.4, 0.5) is 4.39 Å². The molecule has 0 aromatic rings. The zero-order chi connectivity index (χ0) is 6.91. The molecule has 1 aliphatic rings. The third kappa shape index (κ3) is 1.23. The van der Waals surface area contributed by atoms with Crippen LogP contribution in [0.5, 0.6) is 0 Å². The van der Waals surface area contributed by atoms with Crippen molar-refractivity contribution in [2.24, 2.45) is 5.41 Å². The fourth-order valence-corrected chi connectivity index (χ4v) is 1.23. The Balaban J connectivity index is 2.33. The molecule has 1 fully saturated rings. The van der Waals surface area contributed by atoms with Crippen molar-refractivity contribution in [1.82, 2.24) is 0 Å². The zero-order valence-corrected chi connectivity index (χ0v) is 5.73. The first-order chi connectivity index (χ1) is 4.21. The molecule has 0 amide bonds. The maximum atomic E-state index is 11.8. The number of rotatable bonds is 3. The third-order valence-corrected chi connectivity index (χ3v) is 2.37. The average Bonchev–Trinajstić information content (AvgIpc) is 2.49. The summed E-state index contributed by atoms with van der Waals surface area (Å²) in [4.78, 5) is 0. The van der Waals surface area contributed by atoms with Gasteiger partial charge in [0.15, 0.2) is 0 Å². The number of hydrogen-bond donors (Lipinski definition) is 1. The third-order valence-electron chi connectivity index (χ3n) is 2.37. The van der Waals surface area contributed by atoms with Gasteiger partial charge in [0, 0.05) is 0 Å². The molecule has 0 aromatic heterocycles. The Kier molecular flexibility index (Phi) is 1.75. The Labute approximate surface area is 54.9 Å². The molecule has 0 bridgehead atoms. The molecule has 1 nitrogen and oxygen atoms in total. The molecule has 0 radical (unpaired) electrons. The molecule has 54 valence electrons. The number of aliphatic hydroxyl groups is 1. The van der Waals surface area contributed by atoms with Crippen molar-refractivity contribution in [2.45, 2.75) is 32.3 Å². The van der Waals surface area contributed by atoms with Crippen LogP contribution in [-0.4, -0.2) is 17.9 Å². The van der Waals surface area contributed by atoms with E-state index in [4.69, 9.17) is 5.11 Å². The van der Waals surface area contributed by atoms with Crippen LogP contribution in [-0.2, 0) is 0 Å². The molecule has 1 aliphatic carbocycles. The molecule has 1 rings (SSSR count). The maximum absolute atomic E-state index is 11.8. The largest absolute Gasteiger partial charge is 0.393 e. The maximum Gasteiger partial charge on any atom is 0.0900 e. The van der Waals surface area contributed by atoms with Crippen molar-refractivity contribution in [3.05, 3.63) is 0 Å². The smallest absolute Gasteiger partial charge is 0.0900 e. The fourth-order valence-electron chi connectivity index (χ4n) is 1.23. The van der Waals surface area contributed by atoms with E-state index in [1.807, 2.05) is 0 Å². The lowest BCUT2D eigenvalue weighted by Gasteiger charge is -2.15. The van der Waals surface area contributed by atoms with Crippen molar-refractivity contribution >= 4 is 0 Å². The lowest BCUT2D eigenvalue weighted by atomic mass is 9.97. The monoisotopic (exact) mass is 132 g/mol. The summed E-state index contributed by atoms with van der Waals surface area (Å²) in [6.45, 7) is 1.47. The lowest BCUT2D eigenvalue weighted by molar-refractivity contribution is 0.0991. The first-order valence-electron chi connectivity index (χ1n) is 3.45. The van der Waals surface area contributed by atoms with Gasteiger partial charge >= 0.3 is 0 Å². The Hall–Kier alpha value is -0.110. The SMILES string of the molecule is CC(O)C1(CCF)CC1. The number of halogens is 1. The quantitative estimate of drug-likeness (QED) is 0.617.